The molecule has 0 amide bonds. The van der Waals surface area contributed by atoms with Gasteiger partial charge in [0.05, 0.1) is 6.04 Å². The van der Waals surface area contributed by atoms with Crippen molar-refractivity contribution in [2.24, 2.45) is 0 Å². The van der Waals surface area contributed by atoms with E-state index in [2.05, 4.69) is 36.0 Å². The summed E-state index contributed by atoms with van der Waals surface area (Å²) in [7, 11) is -11.0. The molecule has 0 saturated heterocycles. The fourth-order valence-electron chi connectivity index (χ4n) is 2.13. The van der Waals surface area contributed by atoms with Crippen LogP contribution in [0.4, 0.5) is 26.3 Å². The van der Waals surface area contributed by atoms with Crippen LogP contribution in [0.2, 0.25) is 6.04 Å². The maximum Gasteiger partial charge on any atom is 0.506 e. The number of alkyl halides is 6. The lowest BCUT2D eigenvalue weighted by Gasteiger charge is -2.22. The van der Waals surface area contributed by atoms with E-state index in [0.29, 0.717) is 0 Å². The molecule has 1 rings (SSSR count). The zero-order chi connectivity index (χ0) is 26.1. The summed E-state index contributed by atoms with van der Waals surface area (Å²) in [5.41, 5.74) is -11.0. The van der Waals surface area contributed by atoms with Crippen LogP contribution in [0.25, 0.3) is 4.13 Å². The first kappa shape index (κ1) is 31.7. The van der Waals surface area contributed by atoms with Crippen molar-refractivity contribution in [2.45, 2.75) is 43.4 Å². The Morgan fingerprint density at radius 2 is 1.27 bits per heavy atom. The monoisotopic (exact) mass is 550 g/mol. The zero-order valence-electron chi connectivity index (χ0n) is 18.0. The first-order chi connectivity index (χ1) is 14.9. The highest BCUT2D eigenvalue weighted by molar-refractivity contribution is 8.13. The van der Waals surface area contributed by atoms with E-state index in [9.17, 15) is 43.2 Å². The van der Waals surface area contributed by atoms with Crippen LogP contribution >= 0.6 is 0 Å². The molecule has 0 bridgehead atoms. The molecule has 0 aliphatic heterocycles. The van der Waals surface area contributed by atoms with Crippen molar-refractivity contribution in [1.29, 1.82) is 0 Å². The largest absolute Gasteiger partial charge is 0.506 e. The van der Waals surface area contributed by atoms with Crippen LogP contribution in [-0.4, -0.2) is 58.0 Å². The Kier molecular flexibility index (Phi) is 11.9. The molecule has 1 aromatic heterocycles. The van der Waals surface area contributed by atoms with E-state index in [0.717, 1.165) is 23.1 Å². The third-order valence-electron chi connectivity index (χ3n) is 3.89. The van der Waals surface area contributed by atoms with Crippen molar-refractivity contribution in [3.8, 4) is 0 Å². The van der Waals surface area contributed by atoms with E-state index < -0.39 is 39.9 Å². The Labute approximate surface area is 189 Å². The molecule has 0 spiro atoms. The number of aryl methyl sites for hydroxylation is 2. The molecular weight excluding hydrogens is 526 g/mol. The van der Waals surface area contributed by atoms with Gasteiger partial charge >= 0.3 is 19.8 Å². The number of nitrogens with zero attached hydrogens (tertiary/aromatic N) is 2. The molecule has 1 aromatic rings. The number of aromatic nitrogens is 1. The molecule has 0 unspecified atom stereocenters. The number of sulfonamides is 2. The number of pyridine rings is 1. The molecule has 0 radical (unpaired) electrons. The number of hydrogen-bond acceptors (Lipinski definition) is 7. The molecular formula is C15H24F6N2O7S2Si. The summed E-state index contributed by atoms with van der Waals surface area (Å²) < 4.78 is 128. The molecule has 0 N–H and O–H groups in total. The summed E-state index contributed by atoms with van der Waals surface area (Å²) in [6.07, 6.45) is 6.51. The Bertz CT molecular complexity index is 885. The van der Waals surface area contributed by atoms with Gasteiger partial charge < -0.3 is 17.4 Å². The summed E-state index contributed by atoms with van der Waals surface area (Å²) in [6.45, 7) is 3.03. The van der Waals surface area contributed by atoms with Gasteiger partial charge in [-0.3, -0.25) is 0 Å². The highest BCUT2D eigenvalue weighted by atomic mass is 32.3. The van der Waals surface area contributed by atoms with E-state index in [1.54, 1.807) is 21.3 Å². The van der Waals surface area contributed by atoms with Crippen LogP contribution in [0, 0.1) is 0 Å². The topological polar surface area (TPSA) is 114 Å². The van der Waals surface area contributed by atoms with Gasteiger partial charge in [-0.2, -0.15) is 26.3 Å². The van der Waals surface area contributed by atoms with Gasteiger partial charge in [0.15, 0.2) is 39.0 Å². The second-order valence-corrected chi connectivity index (χ2v) is 12.7. The summed E-state index contributed by atoms with van der Waals surface area (Å²) in [4.78, 5) is 0. The first-order valence-electron chi connectivity index (χ1n) is 8.90. The van der Waals surface area contributed by atoms with Gasteiger partial charge in [0.1, 0.15) is 0 Å². The standard InChI is InChI=1S/C13H24NO3Si.C2F6NO4S2/c1-5-6-13-7-9-14(10-8-13)11-12-18(15-2,16-3)17-4;3-1(4,5)14(10,11)9-15(12,13)2(6,7)8/h7-10H,5-6,11-12H2,1-4H3;/q+1;-1. The van der Waals surface area contributed by atoms with Crippen molar-refractivity contribution < 1.29 is 61.0 Å². The Morgan fingerprint density at radius 1 is 0.879 bits per heavy atom. The predicted octanol–water partition coefficient (Wildman–Crippen LogP) is 2.86. The highest BCUT2D eigenvalue weighted by Gasteiger charge is 2.47. The average Bonchev–Trinajstić information content (AvgIpc) is 2.69. The maximum absolute atomic E-state index is 11.4. The Morgan fingerprint density at radius 3 is 1.58 bits per heavy atom. The van der Waals surface area contributed by atoms with Crippen molar-refractivity contribution >= 4 is 28.9 Å². The summed E-state index contributed by atoms with van der Waals surface area (Å²) in [5.74, 6) is 0. The first-order valence-corrected chi connectivity index (χ1v) is 13.7. The van der Waals surface area contributed by atoms with Gasteiger partial charge in [-0.25, -0.2) is 21.4 Å². The molecule has 9 nitrogen and oxygen atoms in total. The Hall–Kier alpha value is -1.31. The second kappa shape index (κ2) is 12.4. The van der Waals surface area contributed by atoms with Crippen LogP contribution in [-0.2, 0) is 46.3 Å². The van der Waals surface area contributed by atoms with Crippen LogP contribution in [0.3, 0.4) is 0 Å². The lowest BCUT2D eigenvalue weighted by molar-refractivity contribution is -0.694. The zero-order valence-corrected chi connectivity index (χ0v) is 20.6. The minimum Gasteiger partial charge on any atom is -0.421 e. The molecule has 0 aromatic carbocycles. The molecule has 18 heteroatoms. The number of halogens is 6. The molecule has 0 saturated carbocycles. The van der Waals surface area contributed by atoms with Gasteiger partial charge in [0, 0.05) is 33.5 Å². The molecule has 0 aliphatic rings. The van der Waals surface area contributed by atoms with Crippen molar-refractivity contribution in [2.75, 3.05) is 21.3 Å². The Balaban J connectivity index is 0.000000633. The second-order valence-electron chi connectivity index (χ2n) is 6.16. The molecule has 0 fully saturated rings. The van der Waals surface area contributed by atoms with Crippen molar-refractivity contribution in [3.63, 3.8) is 0 Å². The average molecular weight is 551 g/mol. The number of hydrogen-bond donors (Lipinski definition) is 0. The van der Waals surface area contributed by atoms with Crippen molar-refractivity contribution in [1.82, 2.24) is 0 Å². The van der Waals surface area contributed by atoms with Crippen molar-refractivity contribution in [3.05, 3.63) is 34.2 Å². The van der Waals surface area contributed by atoms with E-state index in [1.165, 1.54) is 12.0 Å². The fourth-order valence-corrected chi connectivity index (χ4v) is 5.48. The van der Waals surface area contributed by atoms with Gasteiger partial charge in [0.2, 0.25) is 0 Å². The van der Waals surface area contributed by atoms with E-state index in [-0.39, 0.29) is 0 Å². The van der Waals surface area contributed by atoms with Gasteiger partial charge in [-0.1, -0.05) is 13.3 Å². The normalized spacial score (nSPS) is 13.4. The van der Waals surface area contributed by atoms with Crippen LogP contribution in [0.5, 0.6) is 0 Å². The van der Waals surface area contributed by atoms with Crippen LogP contribution < -0.4 is 4.57 Å². The molecule has 1 heterocycles. The van der Waals surface area contributed by atoms with Gasteiger partial charge in [0.25, 0.3) is 0 Å². The van der Waals surface area contributed by atoms with E-state index >= 15 is 0 Å². The van der Waals surface area contributed by atoms with Crippen LogP contribution in [0.15, 0.2) is 24.5 Å². The van der Waals surface area contributed by atoms with E-state index in [1.807, 2.05) is 0 Å². The minimum absolute atomic E-state index is 0.772. The van der Waals surface area contributed by atoms with Crippen LogP contribution in [0.1, 0.15) is 18.9 Å². The smallest absolute Gasteiger partial charge is 0.421 e. The quantitative estimate of drug-likeness (QED) is 0.250. The van der Waals surface area contributed by atoms with Gasteiger partial charge in [-0.05, 0) is 12.0 Å². The SMILES string of the molecule is CCCc1cc[n+](CC[Si](OC)(OC)OC)cc1.O=S(=O)([N-]S(=O)(=O)C(F)(F)F)C(F)(F)F. The minimum atomic E-state index is -6.72. The fraction of sp³-hybridized carbons (Fsp3) is 0.667. The maximum atomic E-state index is 11.4. The molecule has 0 aliphatic carbocycles. The molecule has 0 atom stereocenters. The lowest BCUT2D eigenvalue weighted by atomic mass is 10.2. The number of rotatable bonds is 10. The third-order valence-corrected chi connectivity index (χ3v) is 9.33. The molecule has 194 valence electrons. The summed E-state index contributed by atoms with van der Waals surface area (Å²) in [5, 5.41) is 0. The summed E-state index contributed by atoms with van der Waals surface area (Å²) in [6, 6.07) is 5.10. The highest BCUT2D eigenvalue weighted by Crippen LogP contribution is 2.36. The van der Waals surface area contributed by atoms with Gasteiger partial charge in [-0.15, -0.1) is 0 Å². The molecule has 33 heavy (non-hydrogen) atoms. The lowest BCUT2D eigenvalue weighted by Crippen LogP contribution is -2.47. The predicted molar refractivity (Wildman–Crippen MR) is 106 cm³/mol. The van der Waals surface area contributed by atoms with E-state index in [4.69, 9.17) is 13.3 Å². The summed E-state index contributed by atoms with van der Waals surface area (Å²) >= 11 is 0. The third kappa shape index (κ3) is 9.83.